The van der Waals surface area contributed by atoms with Gasteiger partial charge in [-0.2, -0.15) is 0 Å². The van der Waals surface area contributed by atoms with Gasteiger partial charge in [-0.25, -0.2) is 0 Å². The van der Waals surface area contributed by atoms with Crippen LogP contribution in [0, 0.1) is 11.8 Å². The summed E-state index contributed by atoms with van der Waals surface area (Å²) in [6, 6.07) is 32.2. The standard InChI is InChI=1S/2C22H23O.C2H4.2ClH.Ti/c2*1-23-20-12-10-17(11-13-20)21-9-5-8-18-14-19(15-22(18)21)16-6-3-2-4-7-16;1-2;;;/h2*5,8-16H,2-4,6-7H2,1H3;1-2H2;2*1H;/q;;;;;+2/p-2. The Morgan fingerprint density at radius 1 is 0.490 bits per heavy atom. The van der Waals surface area contributed by atoms with Crippen LogP contribution in [0.15, 0.2) is 96.1 Å². The molecule has 4 aromatic carbocycles. The molecule has 9 rings (SSSR count). The van der Waals surface area contributed by atoms with E-state index in [-0.39, 0.29) is 24.8 Å². The average molecular weight is 754 g/mol. The van der Waals surface area contributed by atoms with E-state index in [9.17, 15) is 0 Å². The van der Waals surface area contributed by atoms with Gasteiger partial charge in [0.25, 0.3) is 0 Å². The van der Waals surface area contributed by atoms with Gasteiger partial charge in [-0.3, -0.25) is 0 Å². The minimum Gasteiger partial charge on any atom is -1.00 e. The topological polar surface area (TPSA) is 18.5 Å². The molecule has 0 amide bonds. The minimum atomic E-state index is -2.56. The van der Waals surface area contributed by atoms with Crippen molar-refractivity contribution in [3.8, 4) is 33.8 Å². The number of benzene rings is 4. The summed E-state index contributed by atoms with van der Waals surface area (Å²) in [7, 11) is 3.52. The molecule has 2 saturated carbocycles. The second kappa shape index (κ2) is 15.3. The maximum Gasteiger partial charge on any atom is -1.00 e. The van der Waals surface area contributed by atoms with Crippen molar-refractivity contribution in [1.82, 2.24) is 0 Å². The molecule has 51 heavy (non-hydrogen) atoms. The molecule has 0 spiro atoms. The Kier molecular flexibility index (Phi) is 11.0. The van der Waals surface area contributed by atoms with Gasteiger partial charge in [0, 0.05) is 0 Å². The molecule has 4 aromatic rings. The van der Waals surface area contributed by atoms with Gasteiger partial charge in [0.05, 0.1) is 0 Å². The number of hydrogen-bond acceptors (Lipinski definition) is 2. The predicted molar refractivity (Wildman–Crippen MR) is 201 cm³/mol. The molecule has 1 aliphatic heterocycles. The van der Waals surface area contributed by atoms with E-state index in [0.717, 1.165) is 23.3 Å². The Morgan fingerprint density at radius 2 is 0.882 bits per heavy atom. The summed E-state index contributed by atoms with van der Waals surface area (Å²) in [5.41, 5.74) is 15.5. The molecular weight excluding hydrogens is 703 g/mol. The van der Waals surface area contributed by atoms with Gasteiger partial charge in [-0.05, 0) is 0 Å². The van der Waals surface area contributed by atoms with Crippen LogP contribution in [0.1, 0.15) is 94.9 Å². The average Bonchev–Trinajstić information content (AvgIpc) is 3.69. The van der Waals surface area contributed by atoms with Crippen LogP contribution in [0.3, 0.4) is 0 Å². The molecule has 2 nitrogen and oxygen atoms in total. The van der Waals surface area contributed by atoms with Crippen molar-refractivity contribution in [2.24, 2.45) is 11.8 Å². The normalized spacial score (nSPS) is 21.5. The van der Waals surface area contributed by atoms with E-state index in [1.807, 2.05) is 11.1 Å². The van der Waals surface area contributed by atoms with Crippen molar-refractivity contribution < 1.29 is 50.9 Å². The Balaban J connectivity index is 0.00000203. The molecule has 2 unspecified atom stereocenters. The summed E-state index contributed by atoms with van der Waals surface area (Å²) in [5.74, 6) is 3.34. The van der Waals surface area contributed by atoms with Crippen LogP contribution in [0.25, 0.3) is 34.4 Å². The largest absolute Gasteiger partial charge is 1.00 e. The summed E-state index contributed by atoms with van der Waals surface area (Å²) in [6.07, 6.45) is 19.4. The summed E-state index contributed by atoms with van der Waals surface area (Å²) >= 11 is -2.56. The summed E-state index contributed by atoms with van der Waals surface area (Å²) in [4.78, 5) is 0. The number of fused-ring (bicyclic) bond motifs is 2. The van der Waals surface area contributed by atoms with Crippen LogP contribution >= 0.6 is 0 Å². The quantitative estimate of drug-likeness (QED) is 0.185. The van der Waals surface area contributed by atoms with Crippen LogP contribution in [0.2, 0.25) is 9.45 Å². The molecule has 0 aromatic heterocycles. The third-order valence-electron chi connectivity index (χ3n) is 13.1. The Morgan fingerprint density at radius 3 is 1.24 bits per heavy atom. The number of allylic oxidation sites excluding steroid dienone is 2. The van der Waals surface area contributed by atoms with E-state index in [0.29, 0.717) is 8.45 Å². The molecular formula is C46H50Cl2O2Ti. The number of ether oxygens (including phenoxy) is 2. The molecule has 0 N–H and O–H groups in total. The van der Waals surface area contributed by atoms with Crippen molar-refractivity contribution in [2.75, 3.05) is 14.2 Å². The fraction of sp³-hybridized carbons (Fsp3) is 0.391. The molecule has 1 heterocycles. The van der Waals surface area contributed by atoms with Crippen molar-refractivity contribution in [3.63, 3.8) is 0 Å². The van der Waals surface area contributed by atoms with Gasteiger partial charge in [-0.15, -0.1) is 0 Å². The zero-order chi connectivity index (χ0) is 33.0. The van der Waals surface area contributed by atoms with Crippen molar-refractivity contribution >= 4 is 12.2 Å². The fourth-order valence-corrected chi connectivity index (χ4v) is 21.1. The maximum atomic E-state index is 5.54. The first-order valence-electron chi connectivity index (χ1n) is 19.2. The maximum absolute atomic E-state index is 5.54. The van der Waals surface area contributed by atoms with E-state index in [1.54, 1.807) is 25.3 Å². The molecule has 3 fully saturated rings. The minimum absolute atomic E-state index is 0. The molecule has 0 bridgehead atoms. The van der Waals surface area contributed by atoms with Gasteiger partial charge in [0.2, 0.25) is 0 Å². The Hall–Kier alpha value is -2.75. The summed E-state index contributed by atoms with van der Waals surface area (Å²) in [5, 5.41) is 0. The van der Waals surface area contributed by atoms with Crippen LogP contribution in [-0.2, 0) is 16.6 Å². The van der Waals surface area contributed by atoms with Gasteiger partial charge in [0.1, 0.15) is 0 Å². The molecule has 1 saturated heterocycles. The fourth-order valence-electron chi connectivity index (χ4n) is 10.6. The zero-order valence-corrected chi connectivity index (χ0v) is 33.2. The van der Waals surface area contributed by atoms with E-state index in [1.165, 1.54) is 107 Å². The van der Waals surface area contributed by atoms with Gasteiger partial charge in [0.15, 0.2) is 0 Å². The van der Waals surface area contributed by atoms with Crippen molar-refractivity contribution in [2.45, 2.75) is 82.1 Å². The second-order valence-electron chi connectivity index (χ2n) is 15.6. The number of methoxy groups -OCH3 is 2. The van der Waals surface area contributed by atoms with Crippen LogP contribution in [0.4, 0.5) is 0 Å². The first-order chi connectivity index (χ1) is 24.2. The van der Waals surface area contributed by atoms with Gasteiger partial charge < -0.3 is 24.8 Å². The monoisotopic (exact) mass is 752 g/mol. The zero-order valence-electron chi connectivity index (χ0n) is 30.1. The Bertz CT molecular complexity index is 1780. The smallest absolute Gasteiger partial charge is 1.00 e. The number of hydrogen-bond donors (Lipinski definition) is 0. The predicted octanol–water partition coefficient (Wildman–Crippen LogP) is 6.79. The first kappa shape index (κ1) is 36.6. The van der Waals surface area contributed by atoms with Gasteiger partial charge in [-0.1, -0.05) is 0 Å². The van der Waals surface area contributed by atoms with Crippen LogP contribution in [0.5, 0.6) is 11.5 Å². The van der Waals surface area contributed by atoms with E-state index < -0.39 is 16.6 Å². The summed E-state index contributed by atoms with van der Waals surface area (Å²) < 4.78 is 15.4. The first-order valence-corrected chi connectivity index (χ1v) is 23.2. The molecule has 0 radical (unpaired) electrons. The van der Waals surface area contributed by atoms with Crippen LogP contribution < -0.4 is 34.3 Å². The third-order valence-corrected chi connectivity index (χ3v) is 21.3. The number of rotatable bonds is 8. The van der Waals surface area contributed by atoms with E-state index in [2.05, 4.69) is 97.1 Å². The molecule has 5 aliphatic rings. The number of halogens is 2. The van der Waals surface area contributed by atoms with E-state index in [4.69, 9.17) is 9.47 Å². The summed E-state index contributed by atoms with van der Waals surface area (Å²) in [6.45, 7) is 0. The SMILES string of the molecule is COc1ccc(-c2cccc3c2C=C(C2CCCCC2)[CH]3[Ti+2]2([CH]3C(C4CCCCC4)=Cc4c(-c5ccc(OC)cc5)cccc43)[CH2][CH2]2)cc1.[Cl-].[Cl-]. The van der Waals surface area contributed by atoms with Crippen molar-refractivity contribution in [3.05, 3.63) is 118 Å². The molecule has 264 valence electrons. The second-order valence-corrected chi connectivity index (χ2v) is 22.8. The van der Waals surface area contributed by atoms with E-state index >= 15 is 0 Å². The third kappa shape index (κ3) is 6.47. The molecule has 5 heteroatoms. The van der Waals surface area contributed by atoms with Crippen LogP contribution in [-0.4, -0.2) is 14.2 Å². The van der Waals surface area contributed by atoms with Crippen molar-refractivity contribution in [1.29, 1.82) is 0 Å². The molecule has 4 aliphatic carbocycles. The molecule has 2 atom stereocenters. The van der Waals surface area contributed by atoms with Gasteiger partial charge >= 0.3 is 298 Å². The Labute approximate surface area is 321 Å².